The van der Waals surface area contributed by atoms with E-state index in [-0.39, 0.29) is 24.8 Å². The highest BCUT2D eigenvalue weighted by Gasteiger charge is 2.35. The van der Waals surface area contributed by atoms with Crippen LogP contribution in [0.2, 0.25) is 0 Å². The predicted octanol–water partition coefficient (Wildman–Crippen LogP) is 3.12. The smallest absolute Gasteiger partial charge is 0.265 e. The Labute approximate surface area is 168 Å². The van der Waals surface area contributed by atoms with Gasteiger partial charge in [-0.2, -0.15) is 0 Å². The number of methoxy groups -OCH3 is 1. The summed E-state index contributed by atoms with van der Waals surface area (Å²) in [6, 6.07) is 6.59. The number of anilines is 2. The second-order valence-corrected chi connectivity index (χ2v) is 7.15. The first-order chi connectivity index (χ1) is 13.8. The maximum absolute atomic E-state index is 13.8. The minimum absolute atomic E-state index is 0.0692. The first kappa shape index (κ1) is 20.9. The standard InChI is InChI=1S/C20H25F2N5O2/c1-13(10-28-2)29-14-4-5-16(23)15(8-14)19(24)17-9-18(26-12-25-17)27-7-3-6-20(21,22)11-27/h4-5,8-9,12-13,24H,3,6-7,10-11,23H2,1-2H3/t13-/m0/s1. The molecule has 156 valence electrons. The van der Waals surface area contributed by atoms with E-state index >= 15 is 0 Å². The number of benzene rings is 1. The Morgan fingerprint density at radius 1 is 1.34 bits per heavy atom. The molecule has 1 aliphatic rings. The number of hydrogen-bond acceptors (Lipinski definition) is 7. The van der Waals surface area contributed by atoms with Gasteiger partial charge < -0.3 is 20.1 Å². The van der Waals surface area contributed by atoms with Crippen LogP contribution in [0.1, 0.15) is 31.0 Å². The highest BCUT2D eigenvalue weighted by atomic mass is 19.3. The first-order valence-electron chi connectivity index (χ1n) is 9.38. The molecule has 1 aliphatic heterocycles. The van der Waals surface area contributed by atoms with Crippen molar-refractivity contribution >= 4 is 17.2 Å². The molecule has 0 radical (unpaired) electrons. The lowest BCUT2D eigenvalue weighted by molar-refractivity contribution is -0.0118. The van der Waals surface area contributed by atoms with Gasteiger partial charge in [0.05, 0.1) is 24.6 Å². The number of hydrogen-bond donors (Lipinski definition) is 2. The molecule has 0 saturated carbocycles. The number of nitrogens with two attached hydrogens (primary N) is 1. The molecule has 7 nitrogen and oxygen atoms in total. The Morgan fingerprint density at radius 3 is 2.86 bits per heavy atom. The Kier molecular flexibility index (Phi) is 6.26. The Balaban J connectivity index is 1.83. The van der Waals surface area contributed by atoms with Crippen molar-refractivity contribution in [3.05, 3.63) is 41.9 Å². The third kappa shape index (κ3) is 5.17. The van der Waals surface area contributed by atoms with E-state index in [0.29, 0.717) is 48.1 Å². The van der Waals surface area contributed by atoms with Crippen molar-refractivity contribution in [3.8, 4) is 5.75 Å². The molecule has 2 heterocycles. The zero-order chi connectivity index (χ0) is 21.0. The van der Waals surface area contributed by atoms with Crippen LogP contribution in [0.25, 0.3) is 0 Å². The number of aromatic nitrogens is 2. The van der Waals surface area contributed by atoms with Gasteiger partial charge in [0.25, 0.3) is 5.92 Å². The molecule has 1 aromatic heterocycles. The molecular formula is C20H25F2N5O2. The fraction of sp³-hybridized carbons (Fsp3) is 0.450. The van der Waals surface area contributed by atoms with E-state index in [9.17, 15) is 8.78 Å². The molecule has 2 aromatic rings. The molecule has 9 heteroatoms. The highest BCUT2D eigenvalue weighted by Crippen LogP contribution is 2.30. The van der Waals surface area contributed by atoms with Crippen molar-refractivity contribution in [1.29, 1.82) is 5.41 Å². The fourth-order valence-electron chi connectivity index (χ4n) is 3.28. The zero-order valence-electron chi connectivity index (χ0n) is 16.5. The number of alkyl halides is 2. The third-order valence-corrected chi connectivity index (χ3v) is 4.66. The molecule has 0 spiro atoms. The molecule has 0 amide bonds. The van der Waals surface area contributed by atoms with Gasteiger partial charge >= 0.3 is 0 Å². The van der Waals surface area contributed by atoms with Crippen LogP contribution in [-0.2, 0) is 4.74 Å². The number of rotatable bonds is 7. The van der Waals surface area contributed by atoms with Crippen molar-refractivity contribution < 1.29 is 18.3 Å². The van der Waals surface area contributed by atoms with Gasteiger partial charge in [0.2, 0.25) is 0 Å². The summed E-state index contributed by atoms with van der Waals surface area (Å²) in [7, 11) is 1.59. The zero-order valence-corrected chi connectivity index (χ0v) is 16.5. The van der Waals surface area contributed by atoms with Gasteiger partial charge in [-0.05, 0) is 31.5 Å². The van der Waals surface area contributed by atoms with Gasteiger partial charge in [-0.1, -0.05) is 0 Å². The van der Waals surface area contributed by atoms with Gasteiger partial charge in [-0.25, -0.2) is 18.7 Å². The minimum Gasteiger partial charge on any atom is -0.488 e. The molecule has 0 bridgehead atoms. The quantitative estimate of drug-likeness (QED) is 0.543. The molecule has 3 N–H and O–H groups in total. The molecule has 0 aliphatic carbocycles. The largest absolute Gasteiger partial charge is 0.488 e. The van der Waals surface area contributed by atoms with E-state index in [1.165, 1.54) is 11.2 Å². The van der Waals surface area contributed by atoms with Crippen LogP contribution < -0.4 is 15.4 Å². The van der Waals surface area contributed by atoms with Gasteiger partial charge in [-0.3, -0.25) is 5.41 Å². The van der Waals surface area contributed by atoms with Crippen LogP contribution in [0.5, 0.6) is 5.75 Å². The lowest BCUT2D eigenvalue weighted by Gasteiger charge is -2.33. The lowest BCUT2D eigenvalue weighted by atomic mass is 10.0. The highest BCUT2D eigenvalue weighted by molar-refractivity contribution is 6.13. The van der Waals surface area contributed by atoms with Gasteiger partial charge in [0.15, 0.2) is 0 Å². The number of nitrogens with zero attached hydrogens (tertiary/aromatic N) is 3. The van der Waals surface area contributed by atoms with E-state index in [4.69, 9.17) is 20.6 Å². The van der Waals surface area contributed by atoms with E-state index in [1.807, 2.05) is 6.92 Å². The number of piperidine rings is 1. The maximum atomic E-state index is 13.8. The number of nitrogens with one attached hydrogen (secondary N) is 1. The van der Waals surface area contributed by atoms with Crippen LogP contribution in [0.15, 0.2) is 30.6 Å². The van der Waals surface area contributed by atoms with Crippen LogP contribution >= 0.6 is 0 Å². The summed E-state index contributed by atoms with van der Waals surface area (Å²) in [4.78, 5) is 9.79. The lowest BCUT2D eigenvalue weighted by Crippen LogP contribution is -2.43. The number of nitrogen functional groups attached to an aromatic ring is 1. The second-order valence-electron chi connectivity index (χ2n) is 7.15. The predicted molar refractivity (Wildman–Crippen MR) is 107 cm³/mol. The topological polar surface area (TPSA) is 97.4 Å². The summed E-state index contributed by atoms with van der Waals surface area (Å²) in [6.07, 6.45) is 1.37. The average molecular weight is 405 g/mol. The van der Waals surface area contributed by atoms with E-state index in [2.05, 4.69) is 9.97 Å². The molecule has 1 fully saturated rings. The Morgan fingerprint density at radius 2 is 2.14 bits per heavy atom. The first-order valence-corrected chi connectivity index (χ1v) is 9.38. The van der Waals surface area contributed by atoms with Crippen LogP contribution in [0, 0.1) is 5.41 Å². The van der Waals surface area contributed by atoms with Crippen molar-refractivity contribution in [1.82, 2.24) is 9.97 Å². The second kappa shape index (κ2) is 8.69. The molecule has 0 unspecified atom stereocenters. The maximum Gasteiger partial charge on any atom is 0.265 e. The summed E-state index contributed by atoms with van der Waals surface area (Å²) in [6.45, 7) is 2.39. The van der Waals surface area contributed by atoms with Gasteiger partial charge in [0.1, 0.15) is 24.0 Å². The van der Waals surface area contributed by atoms with Crippen molar-refractivity contribution in [2.45, 2.75) is 31.8 Å². The van der Waals surface area contributed by atoms with Crippen LogP contribution in [0.3, 0.4) is 0 Å². The number of ether oxygens (including phenoxy) is 2. The van der Waals surface area contributed by atoms with E-state index in [1.54, 1.807) is 31.4 Å². The molecule has 1 saturated heterocycles. The summed E-state index contributed by atoms with van der Waals surface area (Å²) in [5.41, 5.74) is 7.27. The fourth-order valence-corrected chi connectivity index (χ4v) is 3.28. The van der Waals surface area contributed by atoms with Crippen molar-refractivity contribution in [2.75, 3.05) is 37.4 Å². The van der Waals surface area contributed by atoms with E-state index < -0.39 is 5.92 Å². The Bertz CT molecular complexity index is 878. The normalized spacial score (nSPS) is 17.0. The third-order valence-electron chi connectivity index (χ3n) is 4.66. The molecule has 29 heavy (non-hydrogen) atoms. The van der Waals surface area contributed by atoms with Gasteiger partial charge in [0, 0.05) is 37.4 Å². The summed E-state index contributed by atoms with van der Waals surface area (Å²) < 4.78 is 38.3. The monoisotopic (exact) mass is 405 g/mol. The molecular weight excluding hydrogens is 380 g/mol. The van der Waals surface area contributed by atoms with Gasteiger partial charge in [-0.15, -0.1) is 0 Å². The van der Waals surface area contributed by atoms with Crippen molar-refractivity contribution in [2.24, 2.45) is 0 Å². The van der Waals surface area contributed by atoms with Crippen LogP contribution in [0.4, 0.5) is 20.3 Å². The SMILES string of the molecule is COC[C@H](C)Oc1ccc(N)c(C(=N)c2cc(N3CCCC(F)(F)C3)ncn2)c1. The van der Waals surface area contributed by atoms with Crippen molar-refractivity contribution in [3.63, 3.8) is 0 Å². The minimum atomic E-state index is -2.74. The summed E-state index contributed by atoms with van der Waals surface area (Å²) in [5.74, 6) is -1.82. The Hall–Kier alpha value is -2.81. The van der Waals surface area contributed by atoms with Crippen LogP contribution in [-0.4, -0.2) is 54.5 Å². The molecule has 3 rings (SSSR count). The summed E-state index contributed by atoms with van der Waals surface area (Å²) in [5, 5.41) is 8.54. The molecule has 1 aromatic carbocycles. The molecule has 1 atom stereocenters. The average Bonchev–Trinajstić information content (AvgIpc) is 2.68. The van der Waals surface area contributed by atoms with E-state index in [0.717, 1.165) is 0 Å². The number of halogens is 2. The summed E-state index contributed by atoms with van der Waals surface area (Å²) >= 11 is 0.